The van der Waals surface area contributed by atoms with Crippen LogP contribution in [0, 0.1) is 10.1 Å². The Morgan fingerprint density at radius 1 is 1.41 bits per heavy atom. The molecular weight excluding hydrogens is 374 g/mol. The normalized spacial score (nSPS) is 17.6. The van der Waals surface area contributed by atoms with E-state index in [4.69, 9.17) is 4.74 Å². The monoisotopic (exact) mass is 405 g/mol. The molecule has 0 radical (unpaired) electrons. The van der Waals surface area contributed by atoms with Crippen LogP contribution in [-0.2, 0) is 11.3 Å². The lowest BCUT2D eigenvalue weighted by molar-refractivity contribution is -0.384. The zero-order valence-electron chi connectivity index (χ0n) is 17.6. The van der Waals surface area contributed by atoms with Crippen LogP contribution in [0.15, 0.2) is 29.3 Å². The molecule has 0 saturated carbocycles. The number of nitrogens with zero attached hydrogens (tertiary/aromatic N) is 3. The molecule has 1 unspecified atom stereocenters. The Morgan fingerprint density at radius 3 is 2.83 bits per heavy atom. The minimum Gasteiger partial charge on any atom is -0.444 e. The number of carbonyl (C=O) groups excluding carboxylic acids is 1. The average molecular weight is 405 g/mol. The van der Waals surface area contributed by atoms with Crippen molar-refractivity contribution in [3.8, 4) is 0 Å². The van der Waals surface area contributed by atoms with Crippen LogP contribution in [-0.4, -0.2) is 53.2 Å². The number of likely N-dealkylation sites (tertiary alicyclic amines) is 1. The van der Waals surface area contributed by atoms with Crippen LogP contribution in [0.1, 0.15) is 46.1 Å². The van der Waals surface area contributed by atoms with E-state index < -0.39 is 10.5 Å². The first-order valence-corrected chi connectivity index (χ1v) is 9.94. The molecule has 1 aliphatic heterocycles. The summed E-state index contributed by atoms with van der Waals surface area (Å²) >= 11 is 0. The van der Waals surface area contributed by atoms with Crippen molar-refractivity contribution in [3.05, 3.63) is 39.9 Å². The number of hydrogen-bond donors (Lipinski definition) is 2. The summed E-state index contributed by atoms with van der Waals surface area (Å²) in [7, 11) is 0. The molecule has 9 heteroatoms. The molecule has 1 heterocycles. The predicted molar refractivity (Wildman–Crippen MR) is 112 cm³/mol. The fourth-order valence-corrected chi connectivity index (χ4v) is 3.04. The molecule has 1 aromatic rings. The van der Waals surface area contributed by atoms with Crippen molar-refractivity contribution in [1.82, 2.24) is 15.5 Å². The Hall–Kier alpha value is -2.84. The first-order chi connectivity index (χ1) is 13.7. The molecule has 160 valence electrons. The minimum atomic E-state index is -0.522. The van der Waals surface area contributed by atoms with Crippen molar-refractivity contribution in [2.75, 3.05) is 19.6 Å². The number of carbonyl (C=O) groups is 1. The van der Waals surface area contributed by atoms with Gasteiger partial charge in [-0.2, -0.15) is 0 Å². The Balaban J connectivity index is 2.00. The molecular formula is C20H31N5O4. The van der Waals surface area contributed by atoms with Gasteiger partial charge in [-0.25, -0.2) is 9.79 Å². The number of rotatable bonds is 5. The standard InChI is InChI=1S/C20H31N5O4/c1-5-21-18(22-13-15-8-6-10-17(12-15)25(27)28)23-16-9-7-11-24(14-16)19(26)29-20(2,3)4/h6,8,10,12,16H,5,7,9,11,13-14H2,1-4H3,(H2,21,22,23). The van der Waals surface area contributed by atoms with Crippen LogP contribution >= 0.6 is 0 Å². The summed E-state index contributed by atoms with van der Waals surface area (Å²) in [5, 5.41) is 17.5. The van der Waals surface area contributed by atoms with Gasteiger partial charge in [0, 0.05) is 37.8 Å². The van der Waals surface area contributed by atoms with Gasteiger partial charge in [-0.1, -0.05) is 12.1 Å². The molecule has 9 nitrogen and oxygen atoms in total. The van der Waals surface area contributed by atoms with Crippen molar-refractivity contribution in [2.24, 2.45) is 4.99 Å². The second kappa shape index (κ2) is 10.1. The van der Waals surface area contributed by atoms with Gasteiger partial charge in [0.2, 0.25) is 0 Å². The highest BCUT2D eigenvalue weighted by Crippen LogP contribution is 2.16. The van der Waals surface area contributed by atoms with Crippen molar-refractivity contribution in [2.45, 2.75) is 58.7 Å². The quantitative estimate of drug-likeness (QED) is 0.337. The van der Waals surface area contributed by atoms with E-state index in [1.807, 2.05) is 33.8 Å². The predicted octanol–water partition coefficient (Wildman–Crippen LogP) is 3.05. The van der Waals surface area contributed by atoms with E-state index in [1.165, 1.54) is 12.1 Å². The number of nitrogens with one attached hydrogen (secondary N) is 2. The Kier molecular flexibility index (Phi) is 7.81. The van der Waals surface area contributed by atoms with E-state index in [2.05, 4.69) is 15.6 Å². The number of amides is 1. The van der Waals surface area contributed by atoms with Crippen LogP contribution in [0.25, 0.3) is 0 Å². The SMILES string of the molecule is CCNC(=NCc1cccc([N+](=O)[O-])c1)NC1CCCN(C(=O)OC(C)(C)C)C1. The van der Waals surface area contributed by atoms with Gasteiger partial charge in [0.1, 0.15) is 5.60 Å². The lowest BCUT2D eigenvalue weighted by Crippen LogP contribution is -2.53. The maximum absolute atomic E-state index is 12.3. The second-order valence-electron chi connectivity index (χ2n) is 8.03. The largest absolute Gasteiger partial charge is 0.444 e. The molecule has 0 bridgehead atoms. The molecule has 0 spiro atoms. The highest BCUT2D eigenvalue weighted by atomic mass is 16.6. The van der Waals surface area contributed by atoms with Gasteiger partial charge in [0.05, 0.1) is 11.5 Å². The molecule has 1 saturated heterocycles. The summed E-state index contributed by atoms with van der Waals surface area (Å²) < 4.78 is 5.47. The number of aliphatic imine (C=N–C) groups is 1. The topological polar surface area (TPSA) is 109 Å². The Morgan fingerprint density at radius 2 is 2.17 bits per heavy atom. The summed E-state index contributed by atoms with van der Waals surface area (Å²) in [6, 6.07) is 6.51. The molecule has 29 heavy (non-hydrogen) atoms. The van der Waals surface area contributed by atoms with Gasteiger partial charge in [-0.05, 0) is 46.1 Å². The highest BCUT2D eigenvalue weighted by molar-refractivity contribution is 5.80. The molecule has 1 aliphatic rings. The van der Waals surface area contributed by atoms with E-state index >= 15 is 0 Å². The maximum atomic E-state index is 12.3. The summed E-state index contributed by atoms with van der Waals surface area (Å²) in [6.45, 7) is 9.75. The summed E-state index contributed by atoms with van der Waals surface area (Å²) in [4.78, 5) is 29.1. The first kappa shape index (κ1) is 22.4. The minimum absolute atomic E-state index is 0.0518. The van der Waals surface area contributed by atoms with E-state index in [0.29, 0.717) is 32.1 Å². The molecule has 1 aromatic carbocycles. The number of non-ortho nitro benzene ring substituents is 1. The third-order valence-electron chi connectivity index (χ3n) is 4.30. The Bertz CT molecular complexity index is 745. The van der Waals surface area contributed by atoms with Crippen molar-refractivity contribution >= 4 is 17.7 Å². The van der Waals surface area contributed by atoms with E-state index in [1.54, 1.807) is 11.0 Å². The van der Waals surface area contributed by atoms with Crippen LogP contribution in [0.3, 0.4) is 0 Å². The van der Waals surface area contributed by atoms with Crippen LogP contribution < -0.4 is 10.6 Å². The van der Waals surface area contributed by atoms with Crippen molar-refractivity contribution in [3.63, 3.8) is 0 Å². The zero-order chi connectivity index (χ0) is 21.4. The fraction of sp³-hybridized carbons (Fsp3) is 0.600. The third kappa shape index (κ3) is 7.59. The average Bonchev–Trinajstić information content (AvgIpc) is 2.65. The van der Waals surface area contributed by atoms with Gasteiger partial charge < -0.3 is 20.3 Å². The van der Waals surface area contributed by atoms with Crippen LogP contribution in [0.5, 0.6) is 0 Å². The van der Waals surface area contributed by atoms with Gasteiger partial charge >= 0.3 is 6.09 Å². The molecule has 0 aromatic heterocycles. The number of ether oxygens (including phenoxy) is 1. The molecule has 1 fully saturated rings. The summed E-state index contributed by atoms with van der Waals surface area (Å²) in [5.41, 5.74) is 0.290. The number of guanidine groups is 1. The highest BCUT2D eigenvalue weighted by Gasteiger charge is 2.28. The molecule has 1 amide bonds. The van der Waals surface area contributed by atoms with Gasteiger partial charge in [-0.3, -0.25) is 10.1 Å². The second-order valence-corrected chi connectivity index (χ2v) is 8.03. The van der Waals surface area contributed by atoms with Crippen LogP contribution in [0.2, 0.25) is 0 Å². The van der Waals surface area contributed by atoms with E-state index in [-0.39, 0.29) is 17.8 Å². The van der Waals surface area contributed by atoms with Gasteiger partial charge in [0.25, 0.3) is 5.69 Å². The van der Waals surface area contributed by atoms with Crippen molar-refractivity contribution < 1.29 is 14.5 Å². The zero-order valence-corrected chi connectivity index (χ0v) is 17.6. The number of hydrogen-bond acceptors (Lipinski definition) is 5. The number of benzene rings is 1. The molecule has 2 rings (SSSR count). The Labute approximate surface area is 171 Å². The van der Waals surface area contributed by atoms with E-state index in [0.717, 1.165) is 18.4 Å². The lowest BCUT2D eigenvalue weighted by Gasteiger charge is -2.35. The van der Waals surface area contributed by atoms with Crippen LogP contribution in [0.4, 0.5) is 10.5 Å². The molecule has 2 N–H and O–H groups in total. The number of nitro benzene ring substituents is 1. The number of nitro groups is 1. The van der Waals surface area contributed by atoms with Crippen molar-refractivity contribution in [1.29, 1.82) is 0 Å². The third-order valence-corrected chi connectivity index (χ3v) is 4.30. The summed E-state index contributed by atoms with van der Waals surface area (Å²) in [5.74, 6) is 0.620. The lowest BCUT2D eigenvalue weighted by atomic mass is 10.1. The molecule has 1 atom stereocenters. The smallest absolute Gasteiger partial charge is 0.410 e. The summed E-state index contributed by atoms with van der Waals surface area (Å²) in [6.07, 6.45) is 1.49. The first-order valence-electron chi connectivity index (χ1n) is 9.94. The maximum Gasteiger partial charge on any atom is 0.410 e. The van der Waals surface area contributed by atoms with E-state index in [9.17, 15) is 14.9 Å². The fourth-order valence-electron chi connectivity index (χ4n) is 3.04. The van der Waals surface area contributed by atoms with Gasteiger partial charge in [-0.15, -0.1) is 0 Å². The number of piperidine rings is 1. The van der Waals surface area contributed by atoms with Gasteiger partial charge in [0.15, 0.2) is 5.96 Å². The molecule has 0 aliphatic carbocycles.